The average Bonchev–Trinajstić information content (AvgIpc) is 2.56. The average molecular weight is 334 g/mol. The second kappa shape index (κ2) is 8.11. The quantitative estimate of drug-likeness (QED) is 0.832. The number of nitrogens with zero attached hydrogens (tertiary/aromatic N) is 2. The van der Waals surface area contributed by atoms with Gasteiger partial charge in [-0.1, -0.05) is 19.1 Å². The first-order valence-electron chi connectivity index (χ1n) is 8.77. The van der Waals surface area contributed by atoms with Crippen LogP contribution in [0.3, 0.4) is 0 Å². The monoisotopic (exact) mass is 333 g/mol. The number of aryl methyl sites for hydroxylation is 2. The molecule has 1 aromatic carbocycles. The lowest BCUT2D eigenvalue weighted by atomic mass is 10.0. The molecule has 0 aliphatic carbocycles. The number of anilines is 1. The van der Waals surface area contributed by atoms with Crippen molar-refractivity contribution < 1.29 is 0 Å². The molecule has 128 valence electrons. The van der Waals surface area contributed by atoms with Gasteiger partial charge in [-0.25, -0.2) is 0 Å². The molecule has 1 atom stereocenters. The number of nitrogens with one attached hydrogen (secondary N) is 1. The molecule has 1 N–H and O–H groups in total. The first-order valence-corrected chi connectivity index (χ1v) is 9.18. The summed E-state index contributed by atoms with van der Waals surface area (Å²) in [5, 5.41) is 4.31. The standard InChI is InChI=1S/C19H31N3S/c1-6-16(4)21(5)17-9-11-22(12-10-17)19(23)20-18-13-14(2)7-8-15(18)3/h7-8,13,16-17H,6,9-12H2,1-5H3,(H,20,23)/t16-/m0/s1. The Kier molecular flexibility index (Phi) is 6.42. The Balaban J connectivity index is 1.90. The SMILES string of the molecule is CC[C@H](C)N(C)C1CCN(C(=S)Nc2cc(C)ccc2C)CC1. The Morgan fingerprint density at radius 1 is 1.35 bits per heavy atom. The van der Waals surface area contributed by atoms with Gasteiger partial charge in [-0.05, 0) is 76.5 Å². The lowest BCUT2D eigenvalue weighted by Crippen LogP contribution is -2.48. The van der Waals surface area contributed by atoms with E-state index in [0.717, 1.165) is 23.9 Å². The molecule has 1 aliphatic heterocycles. The number of hydrogen-bond acceptors (Lipinski definition) is 2. The Morgan fingerprint density at radius 3 is 2.61 bits per heavy atom. The van der Waals surface area contributed by atoms with Gasteiger partial charge < -0.3 is 15.1 Å². The van der Waals surface area contributed by atoms with Crippen LogP contribution >= 0.6 is 12.2 Å². The van der Waals surface area contributed by atoms with Crippen LogP contribution in [0.15, 0.2) is 18.2 Å². The molecule has 4 heteroatoms. The van der Waals surface area contributed by atoms with E-state index in [1.165, 1.54) is 30.4 Å². The topological polar surface area (TPSA) is 18.5 Å². The van der Waals surface area contributed by atoms with Crippen LogP contribution in [-0.2, 0) is 0 Å². The van der Waals surface area contributed by atoms with Crippen LogP contribution in [0.5, 0.6) is 0 Å². The minimum absolute atomic E-state index is 0.659. The summed E-state index contributed by atoms with van der Waals surface area (Å²) in [5.41, 5.74) is 3.63. The fraction of sp³-hybridized carbons (Fsp3) is 0.632. The number of thiocarbonyl (C=S) groups is 1. The molecular formula is C19H31N3S. The summed E-state index contributed by atoms with van der Waals surface area (Å²) in [4.78, 5) is 4.86. The fourth-order valence-corrected chi connectivity index (χ4v) is 3.48. The zero-order valence-electron chi connectivity index (χ0n) is 15.2. The highest BCUT2D eigenvalue weighted by Gasteiger charge is 2.25. The molecule has 0 saturated carbocycles. The van der Waals surface area contributed by atoms with Crippen LogP contribution in [0.2, 0.25) is 0 Å². The summed E-state index contributed by atoms with van der Waals surface area (Å²) in [6.07, 6.45) is 3.59. The van der Waals surface area contributed by atoms with E-state index in [1.807, 2.05) is 0 Å². The zero-order valence-corrected chi connectivity index (χ0v) is 16.0. The van der Waals surface area contributed by atoms with Crippen molar-refractivity contribution in [2.24, 2.45) is 0 Å². The molecule has 0 spiro atoms. The van der Waals surface area contributed by atoms with Crippen molar-refractivity contribution in [3.63, 3.8) is 0 Å². The molecule has 1 saturated heterocycles. The molecular weight excluding hydrogens is 302 g/mol. The van der Waals surface area contributed by atoms with Crippen LogP contribution in [0.4, 0.5) is 5.69 Å². The number of hydrogen-bond donors (Lipinski definition) is 1. The molecule has 0 unspecified atom stereocenters. The van der Waals surface area contributed by atoms with E-state index in [9.17, 15) is 0 Å². The van der Waals surface area contributed by atoms with Gasteiger partial charge in [0.15, 0.2) is 5.11 Å². The number of piperidine rings is 1. The third-order valence-corrected chi connectivity index (χ3v) is 5.61. The molecule has 0 bridgehead atoms. The molecule has 0 aromatic heterocycles. The van der Waals surface area contributed by atoms with Crippen molar-refractivity contribution in [3.8, 4) is 0 Å². The van der Waals surface area contributed by atoms with Crippen LogP contribution in [0.1, 0.15) is 44.2 Å². The Hall–Kier alpha value is -1.13. The smallest absolute Gasteiger partial charge is 0.173 e. The van der Waals surface area contributed by atoms with Crippen molar-refractivity contribution in [3.05, 3.63) is 29.3 Å². The van der Waals surface area contributed by atoms with E-state index in [1.54, 1.807) is 0 Å². The molecule has 1 aromatic rings. The Bertz CT molecular complexity index is 535. The van der Waals surface area contributed by atoms with E-state index in [2.05, 4.69) is 68.1 Å². The predicted molar refractivity (Wildman–Crippen MR) is 104 cm³/mol. The minimum Gasteiger partial charge on any atom is -0.349 e. The maximum Gasteiger partial charge on any atom is 0.173 e. The van der Waals surface area contributed by atoms with Crippen LogP contribution in [0, 0.1) is 13.8 Å². The van der Waals surface area contributed by atoms with E-state index < -0.39 is 0 Å². The van der Waals surface area contributed by atoms with Gasteiger partial charge in [0.25, 0.3) is 0 Å². The molecule has 1 heterocycles. The van der Waals surface area contributed by atoms with Gasteiger partial charge in [-0.2, -0.15) is 0 Å². The molecule has 0 radical (unpaired) electrons. The zero-order chi connectivity index (χ0) is 17.0. The van der Waals surface area contributed by atoms with Gasteiger partial charge in [-0.15, -0.1) is 0 Å². The summed E-state index contributed by atoms with van der Waals surface area (Å²) in [6.45, 7) is 10.9. The van der Waals surface area contributed by atoms with Crippen molar-refractivity contribution in [2.45, 2.75) is 59.0 Å². The van der Waals surface area contributed by atoms with Crippen molar-refractivity contribution >= 4 is 23.0 Å². The Labute approximate surface area is 147 Å². The predicted octanol–water partition coefficient (Wildman–Crippen LogP) is 4.19. The highest BCUT2D eigenvalue weighted by Crippen LogP contribution is 2.21. The molecule has 2 rings (SSSR count). The molecule has 0 amide bonds. The van der Waals surface area contributed by atoms with Crippen LogP contribution in [0.25, 0.3) is 0 Å². The second-order valence-corrected chi connectivity index (χ2v) is 7.28. The van der Waals surface area contributed by atoms with E-state index in [-0.39, 0.29) is 0 Å². The first-order chi connectivity index (χ1) is 10.9. The van der Waals surface area contributed by atoms with Crippen LogP contribution < -0.4 is 5.32 Å². The van der Waals surface area contributed by atoms with Gasteiger partial charge in [0.1, 0.15) is 0 Å². The summed E-state index contributed by atoms with van der Waals surface area (Å²) in [6, 6.07) is 7.80. The minimum atomic E-state index is 0.659. The number of rotatable bonds is 4. The van der Waals surface area contributed by atoms with Crippen molar-refractivity contribution in [1.29, 1.82) is 0 Å². The fourth-order valence-electron chi connectivity index (χ4n) is 3.19. The van der Waals surface area contributed by atoms with Gasteiger partial charge in [-0.3, -0.25) is 0 Å². The Morgan fingerprint density at radius 2 is 2.00 bits per heavy atom. The van der Waals surface area contributed by atoms with E-state index in [4.69, 9.17) is 12.2 Å². The third-order valence-electron chi connectivity index (χ3n) is 5.25. The molecule has 1 aliphatic rings. The van der Waals surface area contributed by atoms with Gasteiger partial charge >= 0.3 is 0 Å². The largest absolute Gasteiger partial charge is 0.349 e. The molecule has 1 fully saturated rings. The summed E-state index contributed by atoms with van der Waals surface area (Å²) in [5.74, 6) is 0. The lowest BCUT2D eigenvalue weighted by molar-refractivity contribution is 0.126. The van der Waals surface area contributed by atoms with E-state index in [0.29, 0.717) is 12.1 Å². The van der Waals surface area contributed by atoms with Gasteiger partial charge in [0.05, 0.1) is 0 Å². The lowest BCUT2D eigenvalue weighted by Gasteiger charge is -2.40. The third kappa shape index (κ3) is 4.67. The molecule has 3 nitrogen and oxygen atoms in total. The highest BCUT2D eigenvalue weighted by molar-refractivity contribution is 7.80. The number of benzene rings is 1. The molecule has 23 heavy (non-hydrogen) atoms. The van der Waals surface area contributed by atoms with Crippen molar-refractivity contribution in [2.75, 3.05) is 25.5 Å². The highest BCUT2D eigenvalue weighted by atomic mass is 32.1. The second-order valence-electron chi connectivity index (χ2n) is 6.89. The normalized spacial score (nSPS) is 17.4. The summed E-state index contributed by atoms with van der Waals surface area (Å²) < 4.78 is 0. The van der Waals surface area contributed by atoms with E-state index >= 15 is 0 Å². The maximum atomic E-state index is 5.64. The van der Waals surface area contributed by atoms with Crippen LogP contribution in [-0.4, -0.2) is 47.1 Å². The summed E-state index contributed by atoms with van der Waals surface area (Å²) in [7, 11) is 2.27. The van der Waals surface area contributed by atoms with Gasteiger partial charge in [0.2, 0.25) is 0 Å². The first kappa shape index (κ1) is 18.2. The number of likely N-dealkylation sites (tertiary alicyclic amines) is 1. The summed E-state index contributed by atoms with van der Waals surface area (Å²) >= 11 is 5.64. The van der Waals surface area contributed by atoms with Crippen molar-refractivity contribution in [1.82, 2.24) is 9.80 Å². The van der Waals surface area contributed by atoms with Gasteiger partial charge in [0, 0.05) is 30.9 Å². The maximum absolute atomic E-state index is 5.64.